The van der Waals surface area contributed by atoms with Crippen molar-refractivity contribution in [3.8, 4) is 11.5 Å². The maximum atomic E-state index is 4.41. The highest BCUT2D eigenvalue weighted by Crippen LogP contribution is 2.11. The van der Waals surface area contributed by atoms with Crippen LogP contribution in [0.4, 0.5) is 0 Å². The fourth-order valence-electron chi connectivity index (χ4n) is 1.57. The minimum atomic E-state index is 0.461. The standard InChI is InChI=1S/C14H18N4/c1-10(2)15-7-12-8-16-14(17-9-12)13-6-4-5-11(3)18-13/h4-6,8-10,15H,7H2,1-3H3. The van der Waals surface area contributed by atoms with Crippen molar-refractivity contribution < 1.29 is 0 Å². The Kier molecular flexibility index (Phi) is 3.99. The highest BCUT2D eigenvalue weighted by atomic mass is 14.9. The lowest BCUT2D eigenvalue weighted by Gasteiger charge is -2.07. The van der Waals surface area contributed by atoms with Crippen LogP contribution in [-0.4, -0.2) is 21.0 Å². The summed E-state index contributed by atoms with van der Waals surface area (Å²) >= 11 is 0. The van der Waals surface area contributed by atoms with E-state index in [1.54, 1.807) is 0 Å². The van der Waals surface area contributed by atoms with E-state index in [2.05, 4.69) is 34.1 Å². The molecule has 0 bridgehead atoms. The Bertz CT molecular complexity index is 505. The number of hydrogen-bond donors (Lipinski definition) is 1. The van der Waals surface area contributed by atoms with Gasteiger partial charge >= 0.3 is 0 Å². The highest BCUT2D eigenvalue weighted by Gasteiger charge is 2.03. The predicted octanol–water partition coefficient (Wildman–Crippen LogP) is 2.35. The van der Waals surface area contributed by atoms with E-state index in [9.17, 15) is 0 Å². The molecule has 0 amide bonds. The lowest BCUT2D eigenvalue weighted by atomic mass is 10.2. The topological polar surface area (TPSA) is 50.7 Å². The van der Waals surface area contributed by atoms with Crippen molar-refractivity contribution in [3.63, 3.8) is 0 Å². The van der Waals surface area contributed by atoms with Gasteiger partial charge < -0.3 is 5.32 Å². The number of rotatable bonds is 4. The summed E-state index contributed by atoms with van der Waals surface area (Å²) in [6.07, 6.45) is 3.70. The van der Waals surface area contributed by atoms with Crippen molar-refractivity contribution in [3.05, 3.63) is 41.9 Å². The summed E-state index contributed by atoms with van der Waals surface area (Å²) < 4.78 is 0. The smallest absolute Gasteiger partial charge is 0.178 e. The Morgan fingerprint density at radius 1 is 1.17 bits per heavy atom. The molecule has 0 saturated heterocycles. The van der Waals surface area contributed by atoms with Crippen LogP contribution in [0.15, 0.2) is 30.6 Å². The largest absolute Gasteiger partial charge is 0.310 e. The second-order valence-electron chi connectivity index (χ2n) is 4.61. The van der Waals surface area contributed by atoms with Crippen molar-refractivity contribution in [2.24, 2.45) is 0 Å². The third-order valence-electron chi connectivity index (χ3n) is 2.54. The van der Waals surface area contributed by atoms with E-state index >= 15 is 0 Å². The van der Waals surface area contributed by atoms with Crippen LogP contribution in [-0.2, 0) is 6.54 Å². The summed E-state index contributed by atoms with van der Waals surface area (Å²) in [5, 5.41) is 3.33. The Balaban J connectivity index is 2.12. The summed E-state index contributed by atoms with van der Waals surface area (Å²) in [5.41, 5.74) is 2.88. The molecule has 94 valence electrons. The van der Waals surface area contributed by atoms with Gasteiger partial charge in [0, 0.05) is 36.2 Å². The van der Waals surface area contributed by atoms with E-state index in [0.29, 0.717) is 11.9 Å². The zero-order valence-electron chi connectivity index (χ0n) is 11.0. The number of aromatic nitrogens is 3. The molecule has 4 nitrogen and oxygen atoms in total. The van der Waals surface area contributed by atoms with E-state index in [0.717, 1.165) is 23.5 Å². The summed E-state index contributed by atoms with van der Waals surface area (Å²) in [4.78, 5) is 13.1. The highest BCUT2D eigenvalue weighted by molar-refractivity contribution is 5.48. The molecule has 0 atom stereocenters. The molecular weight excluding hydrogens is 224 g/mol. The normalized spacial score (nSPS) is 10.9. The Labute approximate surface area is 108 Å². The van der Waals surface area contributed by atoms with Crippen LogP contribution >= 0.6 is 0 Å². The van der Waals surface area contributed by atoms with Gasteiger partial charge in [-0.15, -0.1) is 0 Å². The molecule has 2 aromatic rings. The third kappa shape index (κ3) is 3.34. The monoisotopic (exact) mass is 242 g/mol. The quantitative estimate of drug-likeness (QED) is 0.894. The second kappa shape index (κ2) is 5.69. The van der Waals surface area contributed by atoms with Gasteiger partial charge in [-0.25, -0.2) is 15.0 Å². The van der Waals surface area contributed by atoms with Crippen molar-refractivity contribution in [2.45, 2.75) is 33.4 Å². The molecule has 2 heterocycles. The first-order valence-corrected chi connectivity index (χ1v) is 6.13. The maximum absolute atomic E-state index is 4.41. The van der Waals surface area contributed by atoms with E-state index in [4.69, 9.17) is 0 Å². The zero-order chi connectivity index (χ0) is 13.0. The fourth-order valence-corrected chi connectivity index (χ4v) is 1.57. The van der Waals surface area contributed by atoms with Crippen molar-refractivity contribution in [1.29, 1.82) is 0 Å². The molecule has 0 unspecified atom stereocenters. The van der Waals surface area contributed by atoms with Gasteiger partial charge in [-0.1, -0.05) is 19.9 Å². The predicted molar refractivity (Wildman–Crippen MR) is 72.0 cm³/mol. The van der Waals surface area contributed by atoms with Crippen LogP contribution in [0.2, 0.25) is 0 Å². The fraction of sp³-hybridized carbons (Fsp3) is 0.357. The van der Waals surface area contributed by atoms with Crippen LogP contribution in [0, 0.1) is 6.92 Å². The van der Waals surface area contributed by atoms with Crippen LogP contribution in [0.1, 0.15) is 25.1 Å². The molecule has 4 heteroatoms. The molecule has 18 heavy (non-hydrogen) atoms. The number of aryl methyl sites for hydroxylation is 1. The average molecular weight is 242 g/mol. The number of nitrogens with zero attached hydrogens (tertiary/aromatic N) is 3. The van der Waals surface area contributed by atoms with E-state index < -0.39 is 0 Å². The van der Waals surface area contributed by atoms with Crippen molar-refractivity contribution in [1.82, 2.24) is 20.3 Å². The third-order valence-corrected chi connectivity index (χ3v) is 2.54. The Morgan fingerprint density at radius 2 is 1.89 bits per heavy atom. The van der Waals surface area contributed by atoms with Crippen LogP contribution in [0.25, 0.3) is 11.5 Å². The number of nitrogens with one attached hydrogen (secondary N) is 1. The van der Waals surface area contributed by atoms with Crippen molar-refractivity contribution in [2.75, 3.05) is 0 Å². The first kappa shape index (κ1) is 12.6. The average Bonchev–Trinajstić information content (AvgIpc) is 2.37. The van der Waals surface area contributed by atoms with E-state index in [1.807, 2.05) is 37.5 Å². The first-order chi connectivity index (χ1) is 8.65. The molecule has 0 aliphatic rings. The van der Waals surface area contributed by atoms with E-state index in [1.165, 1.54) is 0 Å². The van der Waals surface area contributed by atoms with Gasteiger partial charge in [-0.3, -0.25) is 0 Å². The molecule has 1 N–H and O–H groups in total. The van der Waals surface area contributed by atoms with Crippen molar-refractivity contribution >= 4 is 0 Å². The van der Waals surface area contributed by atoms with Gasteiger partial charge in [0.15, 0.2) is 5.82 Å². The Hall–Kier alpha value is -1.81. The molecule has 0 aromatic carbocycles. The molecule has 0 aliphatic carbocycles. The second-order valence-corrected chi connectivity index (χ2v) is 4.61. The molecule has 2 aromatic heterocycles. The minimum Gasteiger partial charge on any atom is -0.310 e. The lowest BCUT2D eigenvalue weighted by molar-refractivity contribution is 0.587. The molecule has 2 rings (SSSR count). The molecule has 0 saturated carbocycles. The Morgan fingerprint density at radius 3 is 2.50 bits per heavy atom. The van der Waals surface area contributed by atoms with Gasteiger partial charge in [0.25, 0.3) is 0 Å². The lowest BCUT2D eigenvalue weighted by Crippen LogP contribution is -2.21. The van der Waals surface area contributed by atoms with Gasteiger partial charge in [0.1, 0.15) is 5.69 Å². The van der Waals surface area contributed by atoms with Gasteiger partial charge in [0.05, 0.1) is 0 Å². The SMILES string of the molecule is Cc1cccc(-c2ncc(CNC(C)C)cn2)n1. The summed E-state index contributed by atoms with van der Waals surface area (Å²) in [7, 11) is 0. The molecular formula is C14H18N4. The number of pyridine rings is 1. The summed E-state index contributed by atoms with van der Waals surface area (Å²) in [6.45, 7) is 6.99. The van der Waals surface area contributed by atoms with Crippen LogP contribution < -0.4 is 5.32 Å². The summed E-state index contributed by atoms with van der Waals surface area (Å²) in [6, 6.07) is 6.32. The van der Waals surface area contributed by atoms with E-state index in [-0.39, 0.29) is 0 Å². The molecule has 0 fully saturated rings. The maximum Gasteiger partial charge on any atom is 0.178 e. The zero-order valence-corrected chi connectivity index (χ0v) is 11.0. The van der Waals surface area contributed by atoms with Gasteiger partial charge in [-0.05, 0) is 19.1 Å². The minimum absolute atomic E-state index is 0.461. The van der Waals surface area contributed by atoms with Gasteiger partial charge in [0.2, 0.25) is 0 Å². The molecule has 0 spiro atoms. The van der Waals surface area contributed by atoms with Crippen LogP contribution in [0.5, 0.6) is 0 Å². The van der Waals surface area contributed by atoms with Crippen LogP contribution in [0.3, 0.4) is 0 Å². The number of hydrogen-bond acceptors (Lipinski definition) is 4. The first-order valence-electron chi connectivity index (χ1n) is 6.13. The molecule has 0 radical (unpaired) electrons. The van der Waals surface area contributed by atoms with Gasteiger partial charge in [-0.2, -0.15) is 0 Å². The summed E-state index contributed by atoms with van der Waals surface area (Å²) in [5.74, 6) is 0.673. The molecule has 0 aliphatic heterocycles.